The first-order valence-electron chi connectivity index (χ1n) is 6.52. The van der Waals surface area contributed by atoms with E-state index in [1.807, 2.05) is 19.1 Å². The number of anilines is 1. The number of esters is 1. The normalized spacial score (nSPS) is 26.1. The molecule has 4 nitrogen and oxygen atoms in total. The molecular weight excluding hydrogens is 344 g/mol. The standard InChI is InChI=1S/C14H18BrClN2O2/c1-9-8-17-6-5-14(9,13(19)20-2)18-10-3-4-12(16)11(15)7-10/h3-4,7,9,17-18H,5-6,8H2,1-2H3. The minimum Gasteiger partial charge on any atom is -0.467 e. The van der Waals surface area contributed by atoms with Gasteiger partial charge in [0.25, 0.3) is 0 Å². The van der Waals surface area contributed by atoms with Gasteiger partial charge in [-0.2, -0.15) is 0 Å². The molecule has 0 amide bonds. The van der Waals surface area contributed by atoms with Gasteiger partial charge in [-0.05, 0) is 47.1 Å². The SMILES string of the molecule is COC(=O)C1(Nc2ccc(Cl)c(Br)c2)CCNCC1C. The van der Waals surface area contributed by atoms with E-state index in [4.69, 9.17) is 16.3 Å². The lowest BCUT2D eigenvalue weighted by molar-refractivity contribution is -0.148. The molecule has 1 saturated heterocycles. The largest absolute Gasteiger partial charge is 0.467 e. The van der Waals surface area contributed by atoms with E-state index in [0.717, 1.165) is 23.2 Å². The zero-order valence-electron chi connectivity index (χ0n) is 11.5. The Kier molecular flexibility index (Phi) is 4.94. The van der Waals surface area contributed by atoms with Crippen molar-refractivity contribution in [3.8, 4) is 0 Å². The zero-order chi connectivity index (χ0) is 14.8. The molecule has 2 rings (SSSR count). The summed E-state index contributed by atoms with van der Waals surface area (Å²) in [5.74, 6) is -0.101. The fraction of sp³-hybridized carbons (Fsp3) is 0.500. The van der Waals surface area contributed by atoms with Gasteiger partial charge in [-0.25, -0.2) is 4.79 Å². The summed E-state index contributed by atoms with van der Waals surface area (Å²) in [5, 5.41) is 7.30. The molecule has 1 aliphatic heterocycles. The second-order valence-electron chi connectivity index (χ2n) is 5.07. The van der Waals surface area contributed by atoms with Crippen molar-refractivity contribution in [3.05, 3.63) is 27.7 Å². The van der Waals surface area contributed by atoms with Crippen LogP contribution in [0.25, 0.3) is 0 Å². The molecule has 2 N–H and O–H groups in total. The van der Waals surface area contributed by atoms with Crippen LogP contribution in [0.2, 0.25) is 5.02 Å². The van der Waals surface area contributed by atoms with Gasteiger partial charge in [0.2, 0.25) is 0 Å². The molecule has 1 aliphatic rings. The lowest BCUT2D eigenvalue weighted by Crippen LogP contribution is -2.59. The zero-order valence-corrected chi connectivity index (χ0v) is 13.8. The number of halogens is 2. The summed E-state index contributed by atoms with van der Waals surface area (Å²) in [6, 6.07) is 5.54. The molecule has 1 heterocycles. The number of rotatable bonds is 3. The first kappa shape index (κ1) is 15.6. The summed E-state index contributed by atoms with van der Waals surface area (Å²) in [5.41, 5.74) is 0.146. The highest BCUT2D eigenvalue weighted by Crippen LogP contribution is 2.33. The van der Waals surface area contributed by atoms with Crippen molar-refractivity contribution in [1.29, 1.82) is 0 Å². The van der Waals surface area contributed by atoms with Crippen molar-refractivity contribution < 1.29 is 9.53 Å². The molecule has 6 heteroatoms. The minimum atomic E-state index is -0.701. The third kappa shape index (κ3) is 2.95. The molecule has 1 aromatic rings. The highest BCUT2D eigenvalue weighted by atomic mass is 79.9. The monoisotopic (exact) mass is 360 g/mol. The number of carbonyl (C=O) groups excluding carboxylic acids is 1. The van der Waals surface area contributed by atoms with Gasteiger partial charge in [-0.15, -0.1) is 0 Å². The van der Waals surface area contributed by atoms with Crippen molar-refractivity contribution >= 4 is 39.2 Å². The van der Waals surface area contributed by atoms with E-state index in [9.17, 15) is 4.79 Å². The van der Waals surface area contributed by atoms with Gasteiger partial charge in [0.1, 0.15) is 5.54 Å². The van der Waals surface area contributed by atoms with Crippen molar-refractivity contribution in [1.82, 2.24) is 5.32 Å². The molecular formula is C14H18BrClN2O2. The first-order chi connectivity index (χ1) is 9.49. The molecule has 0 aromatic heterocycles. The van der Waals surface area contributed by atoms with E-state index < -0.39 is 5.54 Å². The Bertz CT molecular complexity index is 512. The molecule has 110 valence electrons. The predicted molar refractivity (Wildman–Crippen MR) is 84.2 cm³/mol. The number of hydrogen-bond donors (Lipinski definition) is 2. The van der Waals surface area contributed by atoms with Crippen LogP contribution in [0.4, 0.5) is 5.69 Å². The summed E-state index contributed by atoms with van der Waals surface area (Å²) in [7, 11) is 1.43. The third-order valence-electron chi connectivity index (χ3n) is 3.82. The number of carbonyl (C=O) groups is 1. The van der Waals surface area contributed by atoms with Crippen LogP contribution in [0.5, 0.6) is 0 Å². The van der Waals surface area contributed by atoms with E-state index >= 15 is 0 Å². The number of benzene rings is 1. The summed E-state index contributed by atoms with van der Waals surface area (Å²) >= 11 is 9.40. The molecule has 2 unspecified atom stereocenters. The van der Waals surface area contributed by atoms with Crippen LogP contribution < -0.4 is 10.6 Å². The predicted octanol–water partition coefficient (Wildman–Crippen LogP) is 3.06. The van der Waals surface area contributed by atoms with Gasteiger partial charge in [-0.3, -0.25) is 0 Å². The van der Waals surface area contributed by atoms with Gasteiger partial charge >= 0.3 is 5.97 Å². The fourth-order valence-corrected chi connectivity index (χ4v) is 3.07. The Morgan fingerprint density at radius 3 is 2.95 bits per heavy atom. The van der Waals surface area contributed by atoms with E-state index in [-0.39, 0.29) is 11.9 Å². The van der Waals surface area contributed by atoms with Crippen LogP contribution in [0, 0.1) is 5.92 Å². The summed E-state index contributed by atoms with van der Waals surface area (Å²) < 4.78 is 5.82. The Morgan fingerprint density at radius 1 is 1.60 bits per heavy atom. The topological polar surface area (TPSA) is 50.4 Å². The van der Waals surface area contributed by atoms with Crippen LogP contribution in [0.1, 0.15) is 13.3 Å². The van der Waals surface area contributed by atoms with Crippen LogP contribution in [-0.2, 0) is 9.53 Å². The lowest BCUT2D eigenvalue weighted by atomic mass is 9.79. The second kappa shape index (κ2) is 6.33. The average Bonchev–Trinajstić information content (AvgIpc) is 2.44. The summed E-state index contributed by atoms with van der Waals surface area (Å²) in [6.07, 6.45) is 0.682. The first-order valence-corrected chi connectivity index (χ1v) is 7.69. The maximum absolute atomic E-state index is 12.3. The molecule has 20 heavy (non-hydrogen) atoms. The number of piperidine rings is 1. The molecule has 0 bridgehead atoms. The van der Waals surface area contributed by atoms with Crippen LogP contribution in [-0.4, -0.2) is 31.7 Å². The highest BCUT2D eigenvalue weighted by molar-refractivity contribution is 9.10. The van der Waals surface area contributed by atoms with Gasteiger partial charge < -0.3 is 15.4 Å². The van der Waals surface area contributed by atoms with Crippen LogP contribution >= 0.6 is 27.5 Å². The quantitative estimate of drug-likeness (QED) is 0.813. The maximum Gasteiger partial charge on any atom is 0.331 e. The fourth-order valence-electron chi connectivity index (χ4n) is 2.58. The number of nitrogens with one attached hydrogen (secondary N) is 2. The van der Waals surface area contributed by atoms with Gasteiger partial charge in [0.05, 0.1) is 12.1 Å². The molecule has 1 fully saturated rings. The van der Waals surface area contributed by atoms with Crippen molar-refractivity contribution in [3.63, 3.8) is 0 Å². The highest BCUT2D eigenvalue weighted by Gasteiger charge is 2.46. The Balaban J connectivity index is 2.32. The number of ether oxygens (including phenoxy) is 1. The van der Waals surface area contributed by atoms with Crippen molar-refractivity contribution in [2.24, 2.45) is 5.92 Å². The van der Waals surface area contributed by atoms with Crippen LogP contribution in [0.3, 0.4) is 0 Å². The molecule has 0 saturated carbocycles. The second-order valence-corrected chi connectivity index (χ2v) is 6.33. The number of methoxy groups -OCH3 is 1. The molecule has 2 atom stereocenters. The minimum absolute atomic E-state index is 0.123. The van der Waals surface area contributed by atoms with Crippen molar-refractivity contribution in [2.45, 2.75) is 18.9 Å². The van der Waals surface area contributed by atoms with Crippen LogP contribution in [0.15, 0.2) is 22.7 Å². The van der Waals surface area contributed by atoms with E-state index in [2.05, 4.69) is 26.6 Å². The Morgan fingerprint density at radius 2 is 2.35 bits per heavy atom. The Labute approximate surface area is 132 Å². The molecule has 0 radical (unpaired) electrons. The average molecular weight is 362 g/mol. The summed E-state index contributed by atoms with van der Waals surface area (Å²) in [6.45, 7) is 3.60. The smallest absolute Gasteiger partial charge is 0.331 e. The number of hydrogen-bond acceptors (Lipinski definition) is 4. The molecule has 0 spiro atoms. The van der Waals surface area contributed by atoms with Gasteiger partial charge in [0, 0.05) is 22.6 Å². The maximum atomic E-state index is 12.3. The lowest BCUT2D eigenvalue weighted by Gasteiger charge is -2.41. The van der Waals surface area contributed by atoms with Gasteiger partial charge in [-0.1, -0.05) is 18.5 Å². The summed E-state index contributed by atoms with van der Waals surface area (Å²) in [4.78, 5) is 12.3. The van der Waals surface area contributed by atoms with E-state index in [0.29, 0.717) is 11.4 Å². The third-order valence-corrected chi connectivity index (χ3v) is 5.04. The molecule has 1 aromatic carbocycles. The van der Waals surface area contributed by atoms with E-state index in [1.54, 1.807) is 6.07 Å². The Hall–Kier alpha value is -0.780. The van der Waals surface area contributed by atoms with Crippen molar-refractivity contribution in [2.75, 3.05) is 25.5 Å². The van der Waals surface area contributed by atoms with Gasteiger partial charge in [0.15, 0.2) is 0 Å². The van der Waals surface area contributed by atoms with E-state index in [1.165, 1.54) is 7.11 Å². The molecule has 0 aliphatic carbocycles.